The summed E-state index contributed by atoms with van der Waals surface area (Å²) in [4.78, 5) is 29.4. The number of hydrogen-bond acceptors (Lipinski definition) is 16. The van der Waals surface area contributed by atoms with Crippen molar-refractivity contribution in [1.29, 1.82) is 0 Å². The van der Waals surface area contributed by atoms with E-state index in [9.17, 15) is 35.1 Å². The van der Waals surface area contributed by atoms with Crippen LogP contribution < -0.4 is 4.74 Å². The van der Waals surface area contributed by atoms with E-state index < -0.39 is 116 Å². The molecule has 0 amide bonds. The van der Waals surface area contributed by atoms with Crippen molar-refractivity contribution in [2.24, 2.45) is 23.7 Å². The van der Waals surface area contributed by atoms with Gasteiger partial charge in [-0.25, -0.2) is 0 Å². The van der Waals surface area contributed by atoms with Crippen LogP contribution in [0.2, 0.25) is 0 Å². The van der Waals surface area contributed by atoms with Crippen molar-refractivity contribution < 1.29 is 73.0 Å². The van der Waals surface area contributed by atoms with Crippen molar-refractivity contribution >= 4 is 11.8 Å². The fourth-order valence-electron chi connectivity index (χ4n) is 8.71. The lowest BCUT2D eigenvalue weighted by Crippen LogP contribution is -2.63. The second-order valence-corrected chi connectivity index (χ2v) is 17.4. The number of carbonyl (C=O) groups excluding carboxylic acids is 2. The summed E-state index contributed by atoms with van der Waals surface area (Å²) in [5.41, 5.74) is 1.45. The maximum atomic E-state index is 13.9. The molecular formula is C46H73NO15. The normalized spacial score (nSPS) is 39.5. The number of carbonyl (C=O) groups is 2. The lowest BCUT2D eigenvalue weighted by atomic mass is 9.79. The number of benzene rings is 1. The lowest BCUT2D eigenvalue weighted by molar-refractivity contribution is -0.304. The molecule has 0 spiro atoms. The molecule has 2 fully saturated rings. The number of hydrogen-bond donors (Lipinski definition) is 5. The highest BCUT2D eigenvalue weighted by molar-refractivity contribution is 5.91. The van der Waals surface area contributed by atoms with Gasteiger partial charge in [0.2, 0.25) is 0 Å². The van der Waals surface area contributed by atoms with E-state index >= 15 is 0 Å². The summed E-state index contributed by atoms with van der Waals surface area (Å²) in [7, 11) is 6.43. The number of ketones is 1. The minimum atomic E-state index is -1.30. The Bertz CT molecular complexity index is 1590. The zero-order chi connectivity index (χ0) is 45.8. The van der Waals surface area contributed by atoms with Gasteiger partial charge in [0.15, 0.2) is 18.4 Å². The summed E-state index contributed by atoms with van der Waals surface area (Å²) in [5.74, 6) is -2.52. The Morgan fingerprint density at radius 3 is 2.10 bits per heavy atom. The number of esters is 1. The molecule has 1 aromatic rings. The molecule has 62 heavy (non-hydrogen) atoms. The number of likely N-dealkylation sites (N-methyl/N-ethyl adjacent to an activating group) is 1. The van der Waals surface area contributed by atoms with Crippen molar-refractivity contribution in [3.63, 3.8) is 0 Å². The van der Waals surface area contributed by atoms with Gasteiger partial charge in [0.25, 0.3) is 0 Å². The largest absolute Gasteiger partial charge is 0.494 e. The quantitative estimate of drug-likeness (QED) is 0.170. The van der Waals surface area contributed by atoms with Gasteiger partial charge in [-0.15, -0.1) is 0 Å². The molecule has 2 saturated heterocycles. The van der Waals surface area contributed by atoms with Gasteiger partial charge < -0.3 is 68.3 Å². The number of aliphatic hydroxyl groups is 5. The fraction of sp³-hybridized carbons (Fsp3) is 0.739. The van der Waals surface area contributed by atoms with Crippen LogP contribution in [0.1, 0.15) is 72.8 Å². The van der Waals surface area contributed by atoms with Gasteiger partial charge in [0.05, 0.1) is 62.8 Å². The molecule has 3 aliphatic rings. The second kappa shape index (κ2) is 24.4. The summed E-state index contributed by atoms with van der Waals surface area (Å²) in [6.07, 6.45) is -5.37. The molecule has 352 valence electrons. The maximum absolute atomic E-state index is 13.9. The van der Waals surface area contributed by atoms with Crippen molar-refractivity contribution in [2.45, 2.75) is 153 Å². The van der Waals surface area contributed by atoms with E-state index in [1.54, 1.807) is 70.1 Å². The van der Waals surface area contributed by atoms with E-state index in [1.165, 1.54) is 20.3 Å². The summed E-state index contributed by atoms with van der Waals surface area (Å²) in [5, 5.41) is 54.6. The molecule has 4 rings (SSSR count). The Labute approximate surface area is 367 Å². The number of methoxy groups -OCH3 is 2. The predicted molar refractivity (Wildman–Crippen MR) is 228 cm³/mol. The number of cyclic esters (lactones) is 1. The Balaban J connectivity index is 1.68. The van der Waals surface area contributed by atoms with Crippen LogP contribution >= 0.6 is 0 Å². The molecule has 5 N–H and O–H groups in total. The highest BCUT2D eigenvalue weighted by Gasteiger charge is 2.48. The van der Waals surface area contributed by atoms with E-state index in [0.717, 1.165) is 11.1 Å². The lowest BCUT2D eigenvalue weighted by Gasteiger charge is -2.46. The SMILES string of the molecule is CC[C@H]1OC(=O)C[C@@H](O)[C@H](C)[C@@H](O[C@@H]2O[C@H](C)[C@@H](O)[C@H](N(C)C)[C@H]2O)[C@@H](CCOc2ccc(CO)cc2)C[C@@H](C)C(=O)/C=C/C(C)=C/[C@@H]1CO[C@@H]1O[C@H](C)[C@@H](O)[C@@H](OC)[C@H]1OC. The number of rotatable bonds is 14. The molecule has 0 aromatic heterocycles. The molecule has 16 heteroatoms. The van der Waals surface area contributed by atoms with Crippen molar-refractivity contribution in [1.82, 2.24) is 4.90 Å². The average Bonchev–Trinajstić information content (AvgIpc) is 3.24. The van der Waals surface area contributed by atoms with Gasteiger partial charge in [-0.1, -0.05) is 50.6 Å². The van der Waals surface area contributed by atoms with Crippen molar-refractivity contribution in [2.75, 3.05) is 41.5 Å². The zero-order valence-electron chi connectivity index (χ0n) is 38.1. The number of ether oxygens (including phenoxy) is 8. The van der Waals surface area contributed by atoms with E-state index in [1.807, 2.05) is 26.8 Å². The van der Waals surface area contributed by atoms with Gasteiger partial charge >= 0.3 is 5.97 Å². The minimum Gasteiger partial charge on any atom is -0.494 e. The molecule has 1 aromatic carbocycles. The van der Waals surface area contributed by atoms with Crippen molar-refractivity contribution in [3.05, 3.63) is 53.6 Å². The van der Waals surface area contributed by atoms with E-state index in [-0.39, 0.29) is 32.0 Å². The van der Waals surface area contributed by atoms with E-state index in [2.05, 4.69) is 0 Å². The third-order valence-corrected chi connectivity index (χ3v) is 12.6. The fourth-order valence-corrected chi connectivity index (χ4v) is 8.71. The summed E-state index contributed by atoms with van der Waals surface area (Å²) >= 11 is 0. The van der Waals surface area contributed by atoms with Crippen LogP contribution in [0.25, 0.3) is 0 Å². The zero-order valence-corrected chi connectivity index (χ0v) is 38.1. The molecule has 16 nitrogen and oxygen atoms in total. The van der Waals surface area contributed by atoms with Crippen LogP contribution in [0, 0.1) is 23.7 Å². The predicted octanol–water partition coefficient (Wildman–Crippen LogP) is 2.93. The van der Waals surface area contributed by atoms with Crippen LogP contribution in [0.5, 0.6) is 5.75 Å². The summed E-state index contributed by atoms with van der Waals surface area (Å²) in [6.45, 7) is 10.8. The molecule has 3 heterocycles. The van der Waals surface area contributed by atoms with Gasteiger partial charge in [-0.05, 0) is 83.8 Å². The second-order valence-electron chi connectivity index (χ2n) is 17.4. The summed E-state index contributed by atoms with van der Waals surface area (Å²) in [6, 6.07) is 6.30. The molecule has 0 saturated carbocycles. The van der Waals surface area contributed by atoms with E-state index in [0.29, 0.717) is 18.6 Å². The highest BCUT2D eigenvalue weighted by atomic mass is 16.7. The number of allylic oxidation sites excluding steroid dienone is 3. The first-order chi connectivity index (χ1) is 29.4. The average molecular weight is 880 g/mol. The first-order valence-electron chi connectivity index (χ1n) is 21.9. The molecule has 17 atom stereocenters. The number of aliphatic hydroxyl groups excluding tert-OH is 5. The van der Waals surface area contributed by atoms with Crippen LogP contribution in [-0.2, 0) is 49.4 Å². The van der Waals surface area contributed by atoms with Gasteiger partial charge in [-0.2, -0.15) is 0 Å². The van der Waals surface area contributed by atoms with E-state index in [4.69, 9.17) is 37.9 Å². The van der Waals surface area contributed by atoms with Crippen LogP contribution in [0.3, 0.4) is 0 Å². The third kappa shape index (κ3) is 13.6. The van der Waals surface area contributed by atoms with Gasteiger partial charge in [-0.3, -0.25) is 9.59 Å². The monoisotopic (exact) mass is 879 g/mol. The Morgan fingerprint density at radius 1 is 0.839 bits per heavy atom. The van der Waals surface area contributed by atoms with Crippen molar-refractivity contribution in [3.8, 4) is 5.75 Å². The van der Waals surface area contributed by atoms with Crippen LogP contribution in [-0.4, -0.2) is 163 Å². The number of nitrogens with zero attached hydrogens (tertiary/aromatic N) is 1. The first kappa shape index (κ1) is 51.8. The Hall–Kier alpha value is -2.84. The Morgan fingerprint density at radius 2 is 1.48 bits per heavy atom. The molecule has 0 radical (unpaired) electrons. The first-order valence-corrected chi connectivity index (χ1v) is 21.9. The maximum Gasteiger partial charge on any atom is 0.308 e. The molecule has 3 aliphatic heterocycles. The topological polar surface area (TPSA) is 212 Å². The molecule has 0 unspecified atom stereocenters. The minimum absolute atomic E-state index is 0.0140. The molecular weight excluding hydrogens is 806 g/mol. The van der Waals surface area contributed by atoms with Crippen LogP contribution in [0.4, 0.5) is 0 Å². The van der Waals surface area contributed by atoms with Gasteiger partial charge in [0.1, 0.15) is 36.3 Å². The third-order valence-electron chi connectivity index (χ3n) is 12.6. The standard InChI is InChI=1S/C46H73NO15/c1-11-36-32(24-58-46-44(56-10)43(55-9)40(53)29(6)60-46)20-25(2)12-17-34(49)26(3)21-31(18-19-57-33-15-13-30(23-48)14-16-33)42(27(4)35(50)22-37(51)61-36)62-45-41(54)38(47(7)8)39(52)28(5)59-45/h12-17,20,26-29,31-32,35-36,38-46,48,50,52-54H,11,18-19,21-24H2,1-10H3/b17-12+,25-20+/t26-,27+,28-,29-,31+,32-,35-,36-,38+,39-,40-,41-,42-,43-,44-,45+,46-/m1/s1. The smallest absolute Gasteiger partial charge is 0.308 e. The van der Waals surface area contributed by atoms with Crippen LogP contribution in [0.15, 0.2) is 48.1 Å². The highest BCUT2D eigenvalue weighted by Crippen LogP contribution is 2.35. The summed E-state index contributed by atoms with van der Waals surface area (Å²) < 4.78 is 48.4. The Kier molecular flexibility index (Phi) is 20.4. The van der Waals surface area contributed by atoms with Gasteiger partial charge in [0, 0.05) is 32.0 Å². The molecule has 0 bridgehead atoms. The molecule has 0 aliphatic carbocycles.